The molecule has 0 spiro atoms. The maximum Gasteiger partial charge on any atom is -0.0351 e. The maximum absolute atomic E-state index is 2.33. The second-order valence-corrected chi connectivity index (χ2v) is 4.97. The van der Waals surface area contributed by atoms with E-state index in [1.54, 1.807) is 0 Å². The van der Waals surface area contributed by atoms with Crippen LogP contribution in [0.3, 0.4) is 0 Å². The molecule has 0 radical (unpaired) electrons. The van der Waals surface area contributed by atoms with E-state index >= 15 is 0 Å². The minimum Gasteiger partial charge on any atom is -0.0888 e. The fourth-order valence-electron chi connectivity index (χ4n) is 1.81. The molecular weight excluding hydrogens is 180 g/mol. The highest BCUT2D eigenvalue weighted by atomic mass is 14.0. The molecule has 0 bridgehead atoms. The van der Waals surface area contributed by atoms with E-state index in [0.29, 0.717) is 0 Å². The van der Waals surface area contributed by atoms with E-state index in [1.165, 1.54) is 57.8 Å². The van der Waals surface area contributed by atoms with Crippen LogP contribution in [0.25, 0.3) is 0 Å². The number of unbranched alkanes of at least 4 members (excludes halogenated alkanes) is 6. The van der Waals surface area contributed by atoms with Crippen LogP contribution in [0.4, 0.5) is 0 Å². The molecule has 0 N–H and O–H groups in total. The normalized spacial score (nSPS) is 11.7. The summed E-state index contributed by atoms with van der Waals surface area (Å²) in [6.07, 6.45) is 17.1. The molecular formula is C15H30. The Morgan fingerprint density at radius 3 is 2.00 bits per heavy atom. The lowest BCUT2D eigenvalue weighted by Crippen LogP contribution is -1.87. The molecule has 0 aromatic carbocycles. The van der Waals surface area contributed by atoms with Gasteiger partial charge in [-0.3, -0.25) is 0 Å². The largest absolute Gasteiger partial charge is 0.0888 e. The van der Waals surface area contributed by atoms with Crippen molar-refractivity contribution in [3.8, 4) is 0 Å². The summed E-state index contributed by atoms with van der Waals surface area (Å²) in [4.78, 5) is 0. The average Bonchev–Trinajstić information content (AvgIpc) is 2.20. The van der Waals surface area contributed by atoms with Crippen LogP contribution < -0.4 is 0 Å². The molecule has 0 fully saturated rings. The van der Waals surface area contributed by atoms with Gasteiger partial charge in [0, 0.05) is 0 Å². The van der Waals surface area contributed by atoms with Crippen molar-refractivity contribution < 1.29 is 0 Å². The summed E-state index contributed by atoms with van der Waals surface area (Å²) in [6.45, 7) is 6.84. The van der Waals surface area contributed by atoms with Crippen LogP contribution in [0.1, 0.15) is 78.6 Å². The molecule has 0 aromatic rings. The first kappa shape index (κ1) is 14.7. The topological polar surface area (TPSA) is 0 Å². The molecule has 15 heavy (non-hydrogen) atoms. The molecule has 0 aliphatic rings. The number of hydrogen-bond acceptors (Lipinski definition) is 0. The Hall–Kier alpha value is -0.260. The second kappa shape index (κ2) is 11.8. The van der Waals surface area contributed by atoms with E-state index in [-0.39, 0.29) is 0 Å². The van der Waals surface area contributed by atoms with Gasteiger partial charge in [0.05, 0.1) is 0 Å². The lowest BCUT2D eigenvalue weighted by molar-refractivity contribution is 0.512. The number of allylic oxidation sites excluding steroid dienone is 2. The Kier molecular flexibility index (Phi) is 11.6. The summed E-state index contributed by atoms with van der Waals surface area (Å²) in [7, 11) is 0. The van der Waals surface area contributed by atoms with E-state index in [0.717, 1.165) is 5.92 Å². The van der Waals surface area contributed by atoms with Gasteiger partial charge in [0.2, 0.25) is 0 Å². The van der Waals surface area contributed by atoms with Crippen LogP contribution in [-0.4, -0.2) is 0 Å². The molecule has 0 atom stereocenters. The van der Waals surface area contributed by atoms with E-state index in [9.17, 15) is 0 Å². The zero-order valence-corrected chi connectivity index (χ0v) is 11.1. The molecule has 0 amide bonds. The predicted octanol–water partition coefficient (Wildman–Crippen LogP) is 5.73. The summed E-state index contributed by atoms with van der Waals surface area (Å²) in [6, 6.07) is 0. The summed E-state index contributed by atoms with van der Waals surface area (Å²) >= 11 is 0. The minimum absolute atomic E-state index is 0.893. The number of hydrogen-bond donors (Lipinski definition) is 0. The van der Waals surface area contributed by atoms with Gasteiger partial charge in [-0.1, -0.05) is 71.4 Å². The molecule has 0 heteroatoms. The van der Waals surface area contributed by atoms with Crippen LogP contribution >= 0.6 is 0 Å². The standard InChI is InChI=1S/C15H30/c1-4-5-6-7-8-9-10-11-12-13-14-15(2)3/h5-6,15H,4,7-14H2,1-3H3/b6-5-. The van der Waals surface area contributed by atoms with Crippen molar-refractivity contribution in [2.75, 3.05) is 0 Å². The molecule has 0 aromatic heterocycles. The van der Waals surface area contributed by atoms with Gasteiger partial charge in [-0.05, 0) is 25.2 Å². The third-order valence-electron chi connectivity index (χ3n) is 2.80. The quantitative estimate of drug-likeness (QED) is 0.319. The molecule has 90 valence electrons. The molecule has 0 saturated carbocycles. The minimum atomic E-state index is 0.893. The predicted molar refractivity (Wildman–Crippen MR) is 71.2 cm³/mol. The molecule has 0 nitrogen and oxygen atoms in total. The first-order valence-electron chi connectivity index (χ1n) is 6.92. The van der Waals surface area contributed by atoms with Crippen molar-refractivity contribution in [1.29, 1.82) is 0 Å². The van der Waals surface area contributed by atoms with Crippen molar-refractivity contribution >= 4 is 0 Å². The van der Waals surface area contributed by atoms with E-state index in [4.69, 9.17) is 0 Å². The van der Waals surface area contributed by atoms with Gasteiger partial charge in [-0.2, -0.15) is 0 Å². The van der Waals surface area contributed by atoms with Gasteiger partial charge >= 0.3 is 0 Å². The molecule has 0 aliphatic heterocycles. The number of rotatable bonds is 10. The van der Waals surface area contributed by atoms with Gasteiger partial charge in [0.25, 0.3) is 0 Å². The Morgan fingerprint density at radius 1 is 0.800 bits per heavy atom. The fraction of sp³-hybridized carbons (Fsp3) is 0.867. The Balaban J connectivity index is 2.96. The van der Waals surface area contributed by atoms with Crippen LogP contribution in [-0.2, 0) is 0 Å². The molecule has 0 aliphatic carbocycles. The summed E-state index contributed by atoms with van der Waals surface area (Å²) < 4.78 is 0. The zero-order chi connectivity index (χ0) is 11.4. The SMILES string of the molecule is CC/C=C\CCCCCCCCC(C)C. The first-order chi connectivity index (χ1) is 7.27. The van der Waals surface area contributed by atoms with E-state index < -0.39 is 0 Å². The monoisotopic (exact) mass is 210 g/mol. The second-order valence-electron chi connectivity index (χ2n) is 4.97. The summed E-state index contributed by atoms with van der Waals surface area (Å²) in [5.74, 6) is 0.893. The lowest BCUT2D eigenvalue weighted by Gasteiger charge is -2.03. The highest BCUT2D eigenvalue weighted by molar-refractivity contribution is 4.79. The molecule has 0 saturated heterocycles. The van der Waals surface area contributed by atoms with Gasteiger partial charge < -0.3 is 0 Å². The van der Waals surface area contributed by atoms with E-state index in [2.05, 4.69) is 32.9 Å². The third kappa shape index (κ3) is 13.7. The summed E-state index contributed by atoms with van der Waals surface area (Å²) in [5, 5.41) is 0. The van der Waals surface area contributed by atoms with Gasteiger partial charge in [-0.15, -0.1) is 0 Å². The van der Waals surface area contributed by atoms with Gasteiger partial charge in [-0.25, -0.2) is 0 Å². The fourth-order valence-corrected chi connectivity index (χ4v) is 1.81. The van der Waals surface area contributed by atoms with Crippen LogP contribution in [0.15, 0.2) is 12.2 Å². The third-order valence-corrected chi connectivity index (χ3v) is 2.80. The van der Waals surface area contributed by atoms with Gasteiger partial charge in [0.1, 0.15) is 0 Å². The van der Waals surface area contributed by atoms with Crippen molar-refractivity contribution in [2.45, 2.75) is 78.6 Å². The van der Waals surface area contributed by atoms with Gasteiger partial charge in [0.15, 0.2) is 0 Å². The van der Waals surface area contributed by atoms with E-state index in [1.807, 2.05) is 0 Å². The maximum atomic E-state index is 2.33. The Morgan fingerprint density at radius 2 is 1.40 bits per heavy atom. The highest BCUT2D eigenvalue weighted by Crippen LogP contribution is 2.12. The lowest BCUT2D eigenvalue weighted by atomic mass is 10.0. The Labute approximate surface area is 97.2 Å². The average molecular weight is 210 g/mol. The van der Waals surface area contributed by atoms with Crippen molar-refractivity contribution in [3.05, 3.63) is 12.2 Å². The van der Waals surface area contributed by atoms with Crippen LogP contribution in [0.2, 0.25) is 0 Å². The Bertz CT molecular complexity index is 133. The first-order valence-corrected chi connectivity index (χ1v) is 6.92. The van der Waals surface area contributed by atoms with Crippen LogP contribution in [0, 0.1) is 5.92 Å². The van der Waals surface area contributed by atoms with Crippen molar-refractivity contribution in [2.24, 2.45) is 5.92 Å². The summed E-state index contributed by atoms with van der Waals surface area (Å²) in [5.41, 5.74) is 0. The zero-order valence-electron chi connectivity index (χ0n) is 11.1. The van der Waals surface area contributed by atoms with Crippen molar-refractivity contribution in [3.63, 3.8) is 0 Å². The van der Waals surface area contributed by atoms with Crippen molar-refractivity contribution in [1.82, 2.24) is 0 Å². The molecule has 0 heterocycles. The molecule has 0 unspecified atom stereocenters. The molecule has 0 rings (SSSR count). The smallest absolute Gasteiger partial charge is 0.0351 e. The van der Waals surface area contributed by atoms with Crippen LogP contribution in [0.5, 0.6) is 0 Å². The highest BCUT2D eigenvalue weighted by Gasteiger charge is 1.94.